The molecule has 92 valence electrons. The lowest BCUT2D eigenvalue weighted by atomic mass is 10.2. The van der Waals surface area contributed by atoms with Crippen LogP contribution >= 0.6 is 0 Å². The van der Waals surface area contributed by atoms with Crippen LogP contribution in [-0.4, -0.2) is 49.8 Å². The minimum atomic E-state index is 0.568. The Morgan fingerprint density at radius 2 is 1.87 bits per heavy atom. The van der Waals surface area contributed by atoms with E-state index in [1.165, 1.54) is 0 Å². The second-order valence-electron chi connectivity index (χ2n) is 4.24. The van der Waals surface area contributed by atoms with Gasteiger partial charge in [-0.15, -0.1) is 0 Å². The van der Waals surface area contributed by atoms with Gasteiger partial charge >= 0.3 is 0 Å². The lowest BCUT2D eigenvalue weighted by Crippen LogP contribution is -2.43. The summed E-state index contributed by atoms with van der Waals surface area (Å²) in [5.74, 6) is 0. The van der Waals surface area contributed by atoms with Crippen molar-refractivity contribution in [3.8, 4) is 0 Å². The van der Waals surface area contributed by atoms with E-state index in [1.807, 2.05) is 6.92 Å². The first kappa shape index (κ1) is 14.9. The van der Waals surface area contributed by atoms with Crippen molar-refractivity contribution in [1.82, 2.24) is 10.2 Å². The second-order valence-corrected chi connectivity index (χ2v) is 4.24. The van der Waals surface area contributed by atoms with Crippen LogP contribution in [0.15, 0.2) is 0 Å². The molecule has 3 heteroatoms. The first-order valence-corrected chi connectivity index (χ1v) is 6.16. The zero-order valence-corrected chi connectivity index (χ0v) is 11.0. The number of ether oxygens (including phenoxy) is 1. The van der Waals surface area contributed by atoms with Gasteiger partial charge in [0.1, 0.15) is 0 Å². The molecular weight excluding hydrogens is 188 g/mol. The Morgan fingerprint density at radius 3 is 2.33 bits per heavy atom. The summed E-state index contributed by atoms with van der Waals surface area (Å²) in [6, 6.07) is 1.15. The van der Waals surface area contributed by atoms with Crippen molar-refractivity contribution in [2.24, 2.45) is 0 Å². The van der Waals surface area contributed by atoms with Gasteiger partial charge in [0.05, 0.1) is 6.61 Å². The first-order valence-electron chi connectivity index (χ1n) is 6.16. The third-order valence-corrected chi connectivity index (χ3v) is 2.58. The molecule has 0 aromatic heterocycles. The number of nitrogens with zero attached hydrogens (tertiary/aromatic N) is 1. The molecule has 0 aliphatic rings. The third-order valence-electron chi connectivity index (χ3n) is 2.58. The minimum Gasteiger partial charge on any atom is -0.380 e. The summed E-state index contributed by atoms with van der Waals surface area (Å²) in [6.07, 6.45) is 0. The van der Waals surface area contributed by atoms with Crippen molar-refractivity contribution in [3.05, 3.63) is 0 Å². The molecule has 0 radical (unpaired) electrons. The maximum atomic E-state index is 5.38. The van der Waals surface area contributed by atoms with Gasteiger partial charge in [0.25, 0.3) is 0 Å². The lowest BCUT2D eigenvalue weighted by Gasteiger charge is -2.28. The predicted octanol–water partition coefficient (Wildman–Crippen LogP) is 1.73. The van der Waals surface area contributed by atoms with Gasteiger partial charge in [-0.3, -0.25) is 4.90 Å². The molecule has 1 atom stereocenters. The Kier molecular flexibility index (Phi) is 9.06. The Balaban J connectivity index is 3.72. The molecule has 0 fully saturated rings. The van der Waals surface area contributed by atoms with E-state index < -0.39 is 0 Å². The van der Waals surface area contributed by atoms with E-state index in [-0.39, 0.29) is 0 Å². The molecule has 0 aromatic carbocycles. The highest BCUT2D eigenvalue weighted by Gasteiger charge is 2.11. The molecule has 1 unspecified atom stereocenters. The minimum absolute atomic E-state index is 0.568. The fraction of sp³-hybridized carbons (Fsp3) is 1.00. The third kappa shape index (κ3) is 7.77. The molecule has 0 aliphatic carbocycles. The lowest BCUT2D eigenvalue weighted by molar-refractivity contribution is 0.0994. The summed E-state index contributed by atoms with van der Waals surface area (Å²) in [7, 11) is 0. The average Bonchev–Trinajstić information content (AvgIpc) is 2.21. The van der Waals surface area contributed by atoms with Crippen LogP contribution in [0.2, 0.25) is 0 Å². The molecule has 0 amide bonds. The summed E-state index contributed by atoms with van der Waals surface area (Å²) in [4.78, 5) is 2.45. The molecule has 15 heavy (non-hydrogen) atoms. The monoisotopic (exact) mass is 216 g/mol. The Bertz CT molecular complexity index is 140. The first-order chi connectivity index (χ1) is 7.11. The molecule has 0 saturated carbocycles. The quantitative estimate of drug-likeness (QED) is 0.594. The highest BCUT2D eigenvalue weighted by molar-refractivity contribution is 4.69. The molecule has 0 heterocycles. The molecule has 0 aliphatic heterocycles. The topological polar surface area (TPSA) is 24.5 Å². The summed E-state index contributed by atoms with van der Waals surface area (Å²) in [5, 5.41) is 3.47. The molecule has 1 N–H and O–H groups in total. The van der Waals surface area contributed by atoms with Gasteiger partial charge in [-0.05, 0) is 20.4 Å². The average molecular weight is 216 g/mol. The van der Waals surface area contributed by atoms with Crippen LogP contribution in [0, 0.1) is 0 Å². The van der Waals surface area contributed by atoms with Crippen molar-refractivity contribution in [1.29, 1.82) is 0 Å². The van der Waals surface area contributed by atoms with E-state index in [0.717, 1.165) is 32.8 Å². The van der Waals surface area contributed by atoms with Crippen LogP contribution in [0.4, 0.5) is 0 Å². The van der Waals surface area contributed by atoms with Crippen molar-refractivity contribution >= 4 is 0 Å². The van der Waals surface area contributed by atoms with Gasteiger partial charge in [0.2, 0.25) is 0 Å². The summed E-state index contributed by atoms with van der Waals surface area (Å²) in [5.41, 5.74) is 0. The molecule has 3 nitrogen and oxygen atoms in total. The smallest absolute Gasteiger partial charge is 0.0593 e. The SMILES string of the molecule is CCOCCN(CC)C(C)CNC(C)C. The van der Waals surface area contributed by atoms with E-state index >= 15 is 0 Å². The highest BCUT2D eigenvalue weighted by Crippen LogP contribution is 1.98. The van der Waals surface area contributed by atoms with Gasteiger partial charge in [0, 0.05) is 31.8 Å². The molecule has 0 bridgehead atoms. The number of hydrogen-bond acceptors (Lipinski definition) is 3. The van der Waals surface area contributed by atoms with Crippen LogP contribution in [0.5, 0.6) is 0 Å². The Labute approximate surface area is 95.2 Å². The fourth-order valence-electron chi connectivity index (χ4n) is 1.55. The maximum absolute atomic E-state index is 5.38. The Hall–Kier alpha value is -0.120. The van der Waals surface area contributed by atoms with Gasteiger partial charge in [-0.1, -0.05) is 20.8 Å². The van der Waals surface area contributed by atoms with Crippen LogP contribution in [-0.2, 0) is 4.74 Å². The summed E-state index contributed by atoms with van der Waals surface area (Å²) < 4.78 is 5.38. The van der Waals surface area contributed by atoms with Crippen molar-refractivity contribution in [3.63, 3.8) is 0 Å². The molecular formula is C12H28N2O. The standard InChI is InChI=1S/C12H28N2O/c1-6-14(8-9-15-7-2)12(5)10-13-11(3)4/h11-13H,6-10H2,1-5H3. The van der Waals surface area contributed by atoms with Gasteiger partial charge in [-0.25, -0.2) is 0 Å². The second kappa shape index (κ2) is 9.13. The van der Waals surface area contributed by atoms with Crippen molar-refractivity contribution in [2.75, 3.05) is 32.8 Å². The highest BCUT2D eigenvalue weighted by atomic mass is 16.5. The number of hydrogen-bond donors (Lipinski definition) is 1. The molecule has 0 rings (SSSR count). The van der Waals surface area contributed by atoms with E-state index in [1.54, 1.807) is 0 Å². The van der Waals surface area contributed by atoms with Crippen LogP contribution < -0.4 is 5.32 Å². The van der Waals surface area contributed by atoms with Crippen LogP contribution in [0.1, 0.15) is 34.6 Å². The zero-order valence-electron chi connectivity index (χ0n) is 11.0. The largest absolute Gasteiger partial charge is 0.380 e. The van der Waals surface area contributed by atoms with Crippen molar-refractivity contribution in [2.45, 2.75) is 46.7 Å². The number of rotatable bonds is 9. The normalized spacial score (nSPS) is 13.8. The van der Waals surface area contributed by atoms with Crippen LogP contribution in [0.25, 0.3) is 0 Å². The summed E-state index contributed by atoms with van der Waals surface area (Å²) in [6.45, 7) is 15.7. The predicted molar refractivity (Wildman–Crippen MR) is 66.3 cm³/mol. The van der Waals surface area contributed by atoms with Gasteiger partial charge < -0.3 is 10.1 Å². The van der Waals surface area contributed by atoms with Crippen molar-refractivity contribution < 1.29 is 4.74 Å². The van der Waals surface area contributed by atoms with E-state index in [2.05, 4.69) is 37.9 Å². The molecule has 0 saturated heterocycles. The zero-order chi connectivity index (χ0) is 11.7. The number of nitrogens with one attached hydrogen (secondary N) is 1. The van der Waals surface area contributed by atoms with E-state index in [9.17, 15) is 0 Å². The fourth-order valence-corrected chi connectivity index (χ4v) is 1.55. The summed E-state index contributed by atoms with van der Waals surface area (Å²) >= 11 is 0. The van der Waals surface area contributed by atoms with E-state index in [4.69, 9.17) is 4.74 Å². The Morgan fingerprint density at radius 1 is 1.20 bits per heavy atom. The van der Waals surface area contributed by atoms with Gasteiger partial charge in [-0.2, -0.15) is 0 Å². The maximum Gasteiger partial charge on any atom is 0.0593 e. The van der Waals surface area contributed by atoms with E-state index in [0.29, 0.717) is 12.1 Å². The van der Waals surface area contributed by atoms with Crippen LogP contribution in [0.3, 0.4) is 0 Å². The number of likely N-dealkylation sites (N-methyl/N-ethyl adjacent to an activating group) is 1. The molecule has 0 aromatic rings. The van der Waals surface area contributed by atoms with Gasteiger partial charge in [0.15, 0.2) is 0 Å². The molecule has 0 spiro atoms.